The van der Waals surface area contributed by atoms with Crippen molar-refractivity contribution in [1.29, 1.82) is 0 Å². The van der Waals surface area contributed by atoms with Crippen molar-refractivity contribution in [2.24, 2.45) is 5.73 Å². The van der Waals surface area contributed by atoms with E-state index in [2.05, 4.69) is 15.9 Å². The normalized spacial score (nSPS) is 10.4. The Morgan fingerprint density at radius 3 is 2.72 bits per heavy atom. The molecule has 0 amide bonds. The Labute approximate surface area is 120 Å². The van der Waals surface area contributed by atoms with E-state index in [1.165, 1.54) is 0 Å². The molecule has 100 valence electrons. The number of halogens is 2. The lowest BCUT2D eigenvalue weighted by molar-refractivity contribution is 0.289. The minimum atomic E-state index is -0.375. The van der Waals surface area contributed by atoms with Crippen LogP contribution in [0.5, 0.6) is 0 Å². The first-order valence-electron chi connectivity index (χ1n) is 5.66. The predicted molar refractivity (Wildman–Crippen MR) is 79.6 cm³/mol. The highest BCUT2D eigenvalue weighted by atomic mass is 79.9. The van der Waals surface area contributed by atoms with Gasteiger partial charge in [0.2, 0.25) is 0 Å². The first kappa shape index (κ1) is 15.3. The number of aliphatic hydroxyl groups is 1. The molecule has 0 aliphatic heterocycles. The molecule has 0 spiro atoms. The highest BCUT2D eigenvalue weighted by Gasteiger charge is 2.16. The second kappa shape index (κ2) is 7.01. The van der Waals surface area contributed by atoms with Crippen LogP contribution in [0.25, 0.3) is 0 Å². The van der Waals surface area contributed by atoms with E-state index in [0.29, 0.717) is 30.8 Å². The molecule has 0 radical (unpaired) electrons. The number of hydrogen-bond donors (Lipinski definition) is 2. The summed E-state index contributed by atoms with van der Waals surface area (Å²) in [5.74, 6) is -0.375. The third-order valence-electron chi connectivity index (χ3n) is 2.64. The molecule has 0 heterocycles. The van der Waals surface area contributed by atoms with Crippen molar-refractivity contribution in [1.82, 2.24) is 0 Å². The van der Waals surface area contributed by atoms with Gasteiger partial charge >= 0.3 is 0 Å². The maximum Gasteiger partial charge on any atom is 0.161 e. The van der Waals surface area contributed by atoms with Crippen LogP contribution in [0.1, 0.15) is 18.9 Å². The van der Waals surface area contributed by atoms with E-state index in [1.54, 1.807) is 12.1 Å². The van der Waals surface area contributed by atoms with Gasteiger partial charge in [0, 0.05) is 25.3 Å². The second-order valence-electron chi connectivity index (χ2n) is 3.78. The van der Waals surface area contributed by atoms with Gasteiger partial charge in [-0.1, -0.05) is 12.2 Å². The smallest absolute Gasteiger partial charge is 0.161 e. The molecule has 1 rings (SSSR count). The van der Waals surface area contributed by atoms with Crippen molar-refractivity contribution in [3.63, 3.8) is 0 Å². The molecular weight excluding hydrogens is 319 g/mol. The van der Waals surface area contributed by atoms with Gasteiger partial charge in [0.15, 0.2) is 5.82 Å². The summed E-state index contributed by atoms with van der Waals surface area (Å²) in [6, 6.07) is 3.36. The van der Waals surface area contributed by atoms with Crippen LogP contribution in [0, 0.1) is 5.82 Å². The van der Waals surface area contributed by atoms with Gasteiger partial charge in [-0.3, -0.25) is 0 Å². The topological polar surface area (TPSA) is 49.5 Å². The molecule has 0 saturated heterocycles. The molecule has 0 fully saturated rings. The SMILES string of the molecule is CCN(CCCO)c1ccc(C(N)=S)c(Br)c1F. The average molecular weight is 335 g/mol. The predicted octanol–water partition coefficient (Wildman–Crippen LogP) is 2.43. The monoisotopic (exact) mass is 334 g/mol. The molecule has 0 unspecified atom stereocenters. The van der Waals surface area contributed by atoms with Crippen LogP contribution in [-0.4, -0.2) is 29.8 Å². The molecule has 3 N–H and O–H groups in total. The van der Waals surface area contributed by atoms with Crippen LogP contribution < -0.4 is 10.6 Å². The number of hydrogen-bond acceptors (Lipinski definition) is 3. The number of rotatable bonds is 6. The van der Waals surface area contributed by atoms with Gasteiger partial charge < -0.3 is 15.7 Å². The van der Waals surface area contributed by atoms with Crippen molar-refractivity contribution >= 4 is 38.8 Å². The highest BCUT2D eigenvalue weighted by molar-refractivity contribution is 9.10. The zero-order valence-electron chi connectivity index (χ0n) is 10.1. The van der Waals surface area contributed by atoms with Crippen molar-refractivity contribution in [2.45, 2.75) is 13.3 Å². The third-order valence-corrected chi connectivity index (χ3v) is 3.63. The van der Waals surface area contributed by atoms with Gasteiger partial charge in [-0.2, -0.15) is 0 Å². The van der Waals surface area contributed by atoms with E-state index in [9.17, 15) is 4.39 Å². The van der Waals surface area contributed by atoms with Gasteiger partial charge in [-0.05, 0) is 41.4 Å². The maximum absolute atomic E-state index is 14.2. The van der Waals surface area contributed by atoms with E-state index < -0.39 is 0 Å². The number of anilines is 1. The van der Waals surface area contributed by atoms with Crippen molar-refractivity contribution in [2.75, 3.05) is 24.6 Å². The number of nitrogens with two attached hydrogens (primary N) is 1. The Morgan fingerprint density at radius 2 is 2.22 bits per heavy atom. The molecule has 0 aromatic heterocycles. The van der Waals surface area contributed by atoms with E-state index in [1.807, 2.05) is 11.8 Å². The third kappa shape index (κ3) is 3.40. The second-order valence-corrected chi connectivity index (χ2v) is 5.01. The van der Waals surface area contributed by atoms with E-state index in [4.69, 9.17) is 23.1 Å². The Kier molecular flexibility index (Phi) is 5.98. The van der Waals surface area contributed by atoms with Crippen LogP contribution in [-0.2, 0) is 0 Å². The quantitative estimate of drug-likeness (QED) is 0.784. The van der Waals surface area contributed by atoms with Crippen LogP contribution >= 0.6 is 28.1 Å². The molecule has 0 aliphatic carbocycles. The van der Waals surface area contributed by atoms with Gasteiger partial charge in [-0.25, -0.2) is 4.39 Å². The molecule has 1 aromatic carbocycles. The van der Waals surface area contributed by atoms with Crippen molar-refractivity contribution in [3.8, 4) is 0 Å². The van der Waals surface area contributed by atoms with Crippen molar-refractivity contribution < 1.29 is 9.50 Å². The maximum atomic E-state index is 14.2. The molecule has 0 saturated carbocycles. The summed E-state index contributed by atoms with van der Waals surface area (Å²) < 4.78 is 14.5. The van der Waals surface area contributed by atoms with E-state index in [0.717, 1.165) is 0 Å². The summed E-state index contributed by atoms with van der Waals surface area (Å²) in [6.07, 6.45) is 0.599. The fourth-order valence-corrected chi connectivity index (χ4v) is 2.53. The van der Waals surface area contributed by atoms with E-state index >= 15 is 0 Å². The highest BCUT2D eigenvalue weighted by Crippen LogP contribution is 2.29. The van der Waals surface area contributed by atoms with Gasteiger partial charge in [0.25, 0.3) is 0 Å². The Morgan fingerprint density at radius 1 is 1.56 bits per heavy atom. The lowest BCUT2D eigenvalue weighted by atomic mass is 10.1. The van der Waals surface area contributed by atoms with Crippen LogP contribution in [0.4, 0.5) is 10.1 Å². The molecule has 6 heteroatoms. The van der Waals surface area contributed by atoms with Crippen LogP contribution in [0.3, 0.4) is 0 Å². The lowest BCUT2D eigenvalue weighted by Crippen LogP contribution is -2.26. The number of benzene rings is 1. The zero-order chi connectivity index (χ0) is 13.7. The Hall–Kier alpha value is -0.720. The van der Waals surface area contributed by atoms with E-state index in [-0.39, 0.29) is 21.9 Å². The summed E-state index contributed by atoms with van der Waals surface area (Å²) in [5.41, 5.74) is 6.48. The van der Waals surface area contributed by atoms with Crippen molar-refractivity contribution in [3.05, 3.63) is 28.0 Å². The standard InChI is InChI=1S/C12H16BrFN2OS/c1-2-16(6-3-7-17)9-5-4-8(12(15)18)10(13)11(9)14/h4-5,17H,2-3,6-7H2,1H3,(H2,15,18). The molecule has 1 aromatic rings. The molecular formula is C12H16BrFN2OS. The lowest BCUT2D eigenvalue weighted by Gasteiger charge is -2.24. The summed E-state index contributed by atoms with van der Waals surface area (Å²) in [5, 5.41) is 8.84. The van der Waals surface area contributed by atoms with Gasteiger partial charge in [0.1, 0.15) is 4.99 Å². The minimum absolute atomic E-state index is 0.0876. The Balaban J connectivity index is 3.09. The van der Waals surface area contributed by atoms with Gasteiger partial charge in [0.05, 0.1) is 10.2 Å². The number of aliphatic hydroxyl groups excluding tert-OH is 1. The zero-order valence-corrected chi connectivity index (χ0v) is 12.5. The Bertz CT molecular complexity index is 442. The minimum Gasteiger partial charge on any atom is -0.396 e. The summed E-state index contributed by atoms with van der Waals surface area (Å²) >= 11 is 8.03. The number of thiocarbonyl (C=S) groups is 1. The molecule has 3 nitrogen and oxygen atoms in total. The summed E-state index contributed by atoms with van der Waals surface area (Å²) in [7, 11) is 0. The fourth-order valence-electron chi connectivity index (χ4n) is 1.68. The molecule has 0 bridgehead atoms. The van der Waals surface area contributed by atoms with Crippen LogP contribution in [0.15, 0.2) is 16.6 Å². The number of nitrogens with zero attached hydrogens (tertiary/aromatic N) is 1. The first-order valence-corrected chi connectivity index (χ1v) is 6.86. The summed E-state index contributed by atoms with van der Waals surface area (Å²) in [6.45, 7) is 3.29. The molecule has 18 heavy (non-hydrogen) atoms. The van der Waals surface area contributed by atoms with Gasteiger partial charge in [-0.15, -0.1) is 0 Å². The molecule has 0 atom stereocenters. The van der Waals surface area contributed by atoms with Crippen LogP contribution in [0.2, 0.25) is 0 Å². The largest absolute Gasteiger partial charge is 0.396 e. The first-order chi connectivity index (χ1) is 8.52. The average Bonchev–Trinajstić information content (AvgIpc) is 2.34. The molecule has 0 aliphatic rings. The summed E-state index contributed by atoms with van der Waals surface area (Å²) in [4.78, 5) is 2.02. The fraction of sp³-hybridized carbons (Fsp3) is 0.417.